The van der Waals surface area contributed by atoms with Crippen LogP contribution in [0.3, 0.4) is 0 Å². The van der Waals surface area contributed by atoms with Gasteiger partial charge in [0.2, 0.25) is 5.91 Å². The number of nitrogens with one attached hydrogen (secondary N) is 3. The molecule has 4 rings (SSSR count). The van der Waals surface area contributed by atoms with E-state index in [1.165, 1.54) is 6.08 Å². The summed E-state index contributed by atoms with van der Waals surface area (Å²) in [6.45, 7) is 3.52. The number of carbonyl (C=O) groups is 1. The molecule has 0 radical (unpaired) electrons. The highest BCUT2D eigenvalue weighted by molar-refractivity contribution is 6.06. The number of nitrogens with zero attached hydrogens (tertiary/aromatic N) is 2. The number of rotatable bonds is 5. The minimum atomic E-state index is -0.172. The summed E-state index contributed by atoms with van der Waals surface area (Å²) in [5, 5.41) is 11.3. The zero-order chi connectivity index (χ0) is 20.4. The van der Waals surface area contributed by atoms with Crippen LogP contribution in [0.1, 0.15) is 23.4 Å². The van der Waals surface area contributed by atoms with Gasteiger partial charge in [-0.1, -0.05) is 24.8 Å². The summed E-state index contributed by atoms with van der Waals surface area (Å²) in [7, 11) is 0. The Hall–Kier alpha value is -3.74. The first-order chi connectivity index (χ1) is 14.1. The lowest BCUT2D eigenvalue weighted by molar-refractivity contribution is -0.117. The van der Waals surface area contributed by atoms with Gasteiger partial charge in [0.05, 0.1) is 11.2 Å². The molecule has 1 unspecified atom stereocenters. The lowest BCUT2D eigenvalue weighted by Crippen LogP contribution is -2.37. The van der Waals surface area contributed by atoms with Crippen molar-refractivity contribution < 1.29 is 4.79 Å². The van der Waals surface area contributed by atoms with Gasteiger partial charge in [-0.3, -0.25) is 15.2 Å². The quantitative estimate of drug-likeness (QED) is 0.306. The van der Waals surface area contributed by atoms with Gasteiger partial charge in [0.25, 0.3) is 0 Å². The molecule has 2 aromatic heterocycles. The van der Waals surface area contributed by atoms with Gasteiger partial charge >= 0.3 is 0 Å². The van der Waals surface area contributed by atoms with Crippen LogP contribution in [0.25, 0.3) is 22.0 Å². The lowest BCUT2D eigenvalue weighted by Gasteiger charge is -2.23. The normalized spacial score (nSPS) is 16.3. The third-order valence-electron chi connectivity index (χ3n) is 5.26. The number of hydrogen-bond donors (Lipinski definition) is 4. The van der Waals surface area contributed by atoms with Crippen molar-refractivity contribution in [2.75, 3.05) is 0 Å². The summed E-state index contributed by atoms with van der Waals surface area (Å²) in [5.41, 5.74) is 11.9. The van der Waals surface area contributed by atoms with Crippen LogP contribution in [0.15, 0.2) is 54.2 Å². The Kier molecular flexibility index (Phi) is 4.95. The van der Waals surface area contributed by atoms with Crippen molar-refractivity contribution in [1.82, 2.24) is 15.3 Å². The number of carbonyl (C=O) groups excluding carboxylic acids is 1. The highest BCUT2D eigenvalue weighted by Gasteiger charge is 2.27. The van der Waals surface area contributed by atoms with E-state index in [4.69, 9.17) is 11.1 Å². The van der Waals surface area contributed by atoms with Gasteiger partial charge < -0.3 is 16.0 Å². The summed E-state index contributed by atoms with van der Waals surface area (Å²) in [5.74, 6) is 0.0818. The zero-order valence-corrected chi connectivity index (χ0v) is 15.9. The van der Waals surface area contributed by atoms with Crippen LogP contribution >= 0.6 is 0 Å². The van der Waals surface area contributed by atoms with E-state index in [0.717, 1.165) is 52.5 Å². The second kappa shape index (κ2) is 7.71. The van der Waals surface area contributed by atoms with Crippen LogP contribution < -0.4 is 11.1 Å². The Morgan fingerprint density at radius 3 is 3.03 bits per heavy atom. The smallest absolute Gasteiger partial charge is 0.243 e. The molecular weight excluding hydrogens is 364 g/mol. The molecule has 1 aliphatic rings. The number of amidine groups is 1. The van der Waals surface area contributed by atoms with Crippen molar-refractivity contribution in [2.24, 2.45) is 10.7 Å². The highest BCUT2D eigenvalue weighted by Crippen LogP contribution is 2.35. The maximum atomic E-state index is 11.7. The molecule has 0 saturated heterocycles. The van der Waals surface area contributed by atoms with Gasteiger partial charge in [-0.2, -0.15) is 0 Å². The van der Waals surface area contributed by atoms with E-state index in [1.807, 2.05) is 30.5 Å². The van der Waals surface area contributed by atoms with Gasteiger partial charge in [-0.05, 0) is 36.6 Å². The fraction of sp³-hybridized carbons (Fsp3) is 0.182. The summed E-state index contributed by atoms with van der Waals surface area (Å²) in [6, 6.07) is 10.1. The molecule has 7 heteroatoms. The van der Waals surface area contributed by atoms with Crippen LogP contribution in [-0.2, 0) is 17.6 Å². The number of pyridine rings is 1. The Labute approximate surface area is 168 Å². The van der Waals surface area contributed by atoms with Crippen molar-refractivity contribution in [2.45, 2.75) is 25.3 Å². The van der Waals surface area contributed by atoms with E-state index < -0.39 is 0 Å². The first-order valence-corrected chi connectivity index (χ1v) is 9.45. The average molecular weight is 386 g/mol. The molecule has 2 heterocycles. The minimum Gasteiger partial charge on any atom is -0.382 e. The van der Waals surface area contributed by atoms with E-state index in [1.54, 1.807) is 0 Å². The van der Waals surface area contributed by atoms with Gasteiger partial charge in [0.15, 0.2) is 0 Å². The van der Waals surface area contributed by atoms with E-state index in [2.05, 4.69) is 32.9 Å². The molecule has 3 aromatic rings. The number of aromatic nitrogens is 2. The number of benzene rings is 1. The Morgan fingerprint density at radius 2 is 2.24 bits per heavy atom. The molecular formula is C22H22N6O. The summed E-state index contributed by atoms with van der Waals surface area (Å²) < 4.78 is 0. The zero-order valence-electron chi connectivity index (χ0n) is 15.9. The number of amides is 1. The maximum absolute atomic E-state index is 11.7. The van der Waals surface area contributed by atoms with Gasteiger partial charge in [-0.25, -0.2) is 4.99 Å². The number of H-pyrrole nitrogens is 1. The van der Waals surface area contributed by atoms with E-state index in [0.29, 0.717) is 12.1 Å². The fourth-order valence-electron chi connectivity index (χ4n) is 3.94. The van der Waals surface area contributed by atoms with Crippen molar-refractivity contribution in [3.8, 4) is 11.1 Å². The number of para-hydroxylation sites is 1. The average Bonchev–Trinajstić information content (AvgIpc) is 3.12. The fourth-order valence-corrected chi connectivity index (χ4v) is 3.94. The molecule has 0 fully saturated rings. The van der Waals surface area contributed by atoms with Crippen LogP contribution in [0.2, 0.25) is 0 Å². The van der Waals surface area contributed by atoms with Crippen molar-refractivity contribution >= 4 is 29.0 Å². The molecule has 0 spiro atoms. The first-order valence-electron chi connectivity index (χ1n) is 9.45. The molecule has 7 nitrogen and oxygen atoms in total. The molecule has 1 amide bonds. The molecule has 0 saturated carbocycles. The Morgan fingerprint density at radius 1 is 1.41 bits per heavy atom. The standard InChI is InChI=1S/C22H22N6O/c1-2-19(29)27-15-7-8-16-18(10-15)28-21(22(24)26-12-23)20(16)14-9-13-5-3-4-6-17(13)25-11-14/h2-6,9,11-12,15,28H,1,7-8,10H2,(H,27,29)(H3,23,24,26). The molecule has 0 aliphatic heterocycles. The monoisotopic (exact) mass is 386 g/mol. The second-order valence-corrected chi connectivity index (χ2v) is 7.04. The molecule has 1 atom stereocenters. The van der Waals surface area contributed by atoms with Gasteiger partial charge in [0, 0.05) is 40.9 Å². The first kappa shape index (κ1) is 18.6. The SMILES string of the molecule is C=CC(=O)NC1CCc2c([nH]c(C(N)=NC=N)c2-c2cnc3ccccc3c2)C1. The van der Waals surface area contributed by atoms with E-state index in [-0.39, 0.29) is 17.8 Å². The lowest BCUT2D eigenvalue weighted by atomic mass is 9.88. The number of aromatic amines is 1. The number of aliphatic imine (C=N–C) groups is 1. The van der Waals surface area contributed by atoms with Crippen LogP contribution in [-0.4, -0.2) is 34.1 Å². The van der Waals surface area contributed by atoms with Crippen LogP contribution in [0.5, 0.6) is 0 Å². The molecule has 1 aliphatic carbocycles. The van der Waals surface area contributed by atoms with Crippen LogP contribution in [0, 0.1) is 5.41 Å². The summed E-state index contributed by atoms with van der Waals surface area (Å²) in [4.78, 5) is 23.6. The van der Waals surface area contributed by atoms with Crippen molar-refractivity contribution in [1.29, 1.82) is 5.41 Å². The highest BCUT2D eigenvalue weighted by atomic mass is 16.1. The number of fused-ring (bicyclic) bond motifs is 2. The topological polar surface area (TPSA) is 120 Å². The number of hydrogen-bond acceptors (Lipinski definition) is 3. The molecule has 1 aromatic carbocycles. The number of nitrogens with two attached hydrogens (primary N) is 1. The van der Waals surface area contributed by atoms with E-state index >= 15 is 0 Å². The molecule has 29 heavy (non-hydrogen) atoms. The molecule has 146 valence electrons. The minimum absolute atomic E-state index is 0.0305. The van der Waals surface area contributed by atoms with Crippen molar-refractivity contribution in [3.63, 3.8) is 0 Å². The third kappa shape index (κ3) is 3.54. The van der Waals surface area contributed by atoms with Crippen LogP contribution in [0.4, 0.5) is 0 Å². The van der Waals surface area contributed by atoms with Crippen molar-refractivity contribution in [3.05, 3.63) is 66.1 Å². The largest absolute Gasteiger partial charge is 0.382 e. The van der Waals surface area contributed by atoms with E-state index in [9.17, 15) is 4.79 Å². The second-order valence-electron chi connectivity index (χ2n) is 7.04. The third-order valence-corrected chi connectivity index (χ3v) is 5.26. The van der Waals surface area contributed by atoms with Gasteiger partial charge in [0.1, 0.15) is 12.2 Å². The predicted octanol–water partition coefficient (Wildman–Crippen LogP) is 2.70. The summed E-state index contributed by atoms with van der Waals surface area (Å²) in [6.07, 6.45) is 6.34. The molecule has 5 N–H and O–H groups in total. The molecule has 0 bridgehead atoms. The Bertz CT molecular complexity index is 1140. The van der Waals surface area contributed by atoms with Gasteiger partial charge in [-0.15, -0.1) is 0 Å². The maximum Gasteiger partial charge on any atom is 0.243 e. The Balaban J connectivity index is 1.82. The summed E-state index contributed by atoms with van der Waals surface area (Å²) >= 11 is 0. The predicted molar refractivity (Wildman–Crippen MR) is 115 cm³/mol.